The second kappa shape index (κ2) is 8.79. The lowest BCUT2D eigenvalue weighted by molar-refractivity contribution is 0.0515. The Balaban J connectivity index is 1.32. The van der Waals surface area contributed by atoms with Crippen molar-refractivity contribution < 1.29 is 14.0 Å². The highest BCUT2D eigenvalue weighted by Gasteiger charge is 2.29. The molecule has 2 amide bonds. The molecule has 0 aliphatic carbocycles. The molecule has 0 saturated carbocycles. The van der Waals surface area contributed by atoms with Crippen molar-refractivity contribution in [3.8, 4) is 5.69 Å². The SMILES string of the molecule is Cc1cc(=O)c(C(=O)N2CCN(C(=O)c3cc4ccccc4o3)CC2)nn1-c1ccc(Cl)cc1. The van der Waals surface area contributed by atoms with Gasteiger partial charge in [0, 0.05) is 48.3 Å². The summed E-state index contributed by atoms with van der Waals surface area (Å²) in [6.07, 6.45) is 0. The molecule has 8 nitrogen and oxygen atoms in total. The molecule has 0 N–H and O–H groups in total. The molecule has 0 atom stereocenters. The molecule has 9 heteroatoms. The second-order valence-electron chi connectivity index (χ2n) is 8.12. The number of aryl methyl sites for hydroxylation is 1. The number of halogens is 1. The highest BCUT2D eigenvalue weighted by atomic mass is 35.5. The quantitative estimate of drug-likeness (QED) is 0.451. The van der Waals surface area contributed by atoms with Crippen molar-refractivity contribution in [2.75, 3.05) is 26.2 Å². The highest BCUT2D eigenvalue weighted by Crippen LogP contribution is 2.21. The van der Waals surface area contributed by atoms with Gasteiger partial charge in [0.05, 0.1) is 5.69 Å². The van der Waals surface area contributed by atoms with E-state index >= 15 is 0 Å². The fourth-order valence-corrected chi connectivity index (χ4v) is 4.17. The molecule has 1 aliphatic heterocycles. The molecule has 1 saturated heterocycles. The minimum Gasteiger partial charge on any atom is -0.451 e. The standard InChI is InChI=1S/C25H21ClN4O4/c1-16-14-20(31)23(27-30(16)19-8-6-18(26)7-9-19)25(33)29-12-10-28(11-13-29)24(32)22-15-17-4-2-3-5-21(17)34-22/h2-9,14-15H,10-13H2,1H3. The van der Waals surface area contributed by atoms with Crippen LogP contribution in [-0.4, -0.2) is 57.6 Å². The van der Waals surface area contributed by atoms with Crippen LogP contribution < -0.4 is 5.43 Å². The first kappa shape index (κ1) is 21.9. The van der Waals surface area contributed by atoms with Crippen molar-refractivity contribution >= 4 is 34.4 Å². The third kappa shape index (κ3) is 4.08. The van der Waals surface area contributed by atoms with E-state index in [4.69, 9.17) is 16.0 Å². The normalized spacial score (nSPS) is 13.9. The number of hydrogen-bond donors (Lipinski definition) is 0. The van der Waals surface area contributed by atoms with E-state index in [9.17, 15) is 14.4 Å². The lowest BCUT2D eigenvalue weighted by Gasteiger charge is -2.34. The Labute approximate surface area is 199 Å². The van der Waals surface area contributed by atoms with E-state index in [0.717, 1.165) is 5.39 Å². The summed E-state index contributed by atoms with van der Waals surface area (Å²) in [5.41, 5.74) is 1.36. The van der Waals surface area contributed by atoms with Gasteiger partial charge in [0.15, 0.2) is 11.5 Å². The lowest BCUT2D eigenvalue weighted by Crippen LogP contribution is -2.51. The van der Waals surface area contributed by atoms with Crippen LogP contribution in [0.15, 0.2) is 69.9 Å². The van der Waals surface area contributed by atoms with E-state index in [2.05, 4.69) is 5.10 Å². The Kier molecular flexibility index (Phi) is 5.67. The minimum atomic E-state index is -0.455. The van der Waals surface area contributed by atoms with Crippen LogP contribution in [0.1, 0.15) is 26.7 Å². The van der Waals surface area contributed by atoms with E-state index < -0.39 is 11.3 Å². The first-order valence-electron chi connectivity index (χ1n) is 10.8. The van der Waals surface area contributed by atoms with Gasteiger partial charge in [0.2, 0.25) is 5.43 Å². The summed E-state index contributed by atoms with van der Waals surface area (Å²) >= 11 is 5.97. The highest BCUT2D eigenvalue weighted by molar-refractivity contribution is 6.30. The zero-order valence-electron chi connectivity index (χ0n) is 18.4. The Morgan fingerprint density at radius 2 is 1.56 bits per heavy atom. The summed E-state index contributed by atoms with van der Waals surface area (Å²) in [4.78, 5) is 41.8. The van der Waals surface area contributed by atoms with Crippen molar-refractivity contribution in [3.63, 3.8) is 0 Å². The number of fused-ring (bicyclic) bond motifs is 1. The van der Waals surface area contributed by atoms with E-state index in [-0.39, 0.29) is 17.4 Å². The van der Waals surface area contributed by atoms with Crippen LogP contribution in [0.4, 0.5) is 0 Å². The molecule has 0 radical (unpaired) electrons. The van der Waals surface area contributed by atoms with Crippen molar-refractivity contribution in [2.45, 2.75) is 6.92 Å². The molecule has 2 aromatic carbocycles. The monoisotopic (exact) mass is 476 g/mol. The molecule has 1 fully saturated rings. The largest absolute Gasteiger partial charge is 0.451 e. The zero-order chi connectivity index (χ0) is 23.8. The molecule has 0 unspecified atom stereocenters. The number of carbonyl (C=O) groups excluding carboxylic acids is 2. The summed E-state index contributed by atoms with van der Waals surface area (Å²) in [5, 5.41) is 5.79. The summed E-state index contributed by atoms with van der Waals surface area (Å²) in [7, 11) is 0. The molecule has 0 bridgehead atoms. The van der Waals surface area contributed by atoms with Gasteiger partial charge < -0.3 is 14.2 Å². The second-order valence-corrected chi connectivity index (χ2v) is 8.56. The van der Waals surface area contributed by atoms with Gasteiger partial charge in [0.25, 0.3) is 11.8 Å². The summed E-state index contributed by atoms with van der Waals surface area (Å²) in [6.45, 7) is 3.00. The van der Waals surface area contributed by atoms with Crippen LogP contribution in [0.5, 0.6) is 0 Å². The maximum Gasteiger partial charge on any atom is 0.289 e. The predicted octanol–water partition coefficient (Wildman–Crippen LogP) is 3.54. The van der Waals surface area contributed by atoms with Gasteiger partial charge in [0.1, 0.15) is 5.58 Å². The number of carbonyl (C=O) groups is 2. The van der Waals surface area contributed by atoms with Gasteiger partial charge >= 0.3 is 0 Å². The van der Waals surface area contributed by atoms with Crippen LogP contribution in [0.2, 0.25) is 5.02 Å². The number of hydrogen-bond acceptors (Lipinski definition) is 5. The lowest BCUT2D eigenvalue weighted by atomic mass is 10.2. The van der Waals surface area contributed by atoms with Crippen molar-refractivity contribution in [1.29, 1.82) is 0 Å². The minimum absolute atomic E-state index is 0.155. The van der Waals surface area contributed by atoms with E-state index in [1.54, 1.807) is 51.7 Å². The number of benzene rings is 2. The van der Waals surface area contributed by atoms with Crippen molar-refractivity contribution in [1.82, 2.24) is 19.6 Å². The molecule has 4 aromatic rings. The van der Waals surface area contributed by atoms with Gasteiger partial charge in [-0.15, -0.1) is 0 Å². The fourth-order valence-electron chi connectivity index (χ4n) is 4.04. The number of amides is 2. The first-order chi connectivity index (χ1) is 16.4. The Bertz CT molecular complexity index is 1420. The van der Waals surface area contributed by atoms with Crippen molar-refractivity contribution in [2.24, 2.45) is 0 Å². The number of para-hydroxylation sites is 1. The number of nitrogens with zero attached hydrogens (tertiary/aromatic N) is 4. The maximum atomic E-state index is 13.1. The maximum absolute atomic E-state index is 13.1. The first-order valence-corrected chi connectivity index (χ1v) is 11.2. The molecule has 3 heterocycles. The summed E-state index contributed by atoms with van der Waals surface area (Å²) in [6, 6.07) is 17.5. The predicted molar refractivity (Wildman–Crippen MR) is 128 cm³/mol. The Morgan fingerprint density at radius 3 is 2.24 bits per heavy atom. The number of aromatic nitrogens is 2. The zero-order valence-corrected chi connectivity index (χ0v) is 19.2. The number of furan rings is 1. The van der Waals surface area contributed by atoms with Gasteiger partial charge in [-0.05, 0) is 43.3 Å². The van der Waals surface area contributed by atoms with E-state index in [1.807, 2.05) is 24.3 Å². The van der Waals surface area contributed by atoms with Gasteiger partial charge in [-0.2, -0.15) is 5.10 Å². The van der Waals surface area contributed by atoms with Crippen LogP contribution in [0.3, 0.4) is 0 Å². The molecular weight excluding hydrogens is 456 g/mol. The van der Waals surface area contributed by atoms with Gasteiger partial charge in [-0.3, -0.25) is 14.4 Å². The Hall–Kier alpha value is -3.91. The van der Waals surface area contributed by atoms with Crippen LogP contribution in [-0.2, 0) is 0 Å². The van der Waals surface area contributed by atoms with Crippen LogP contribution in [0.25, 0.3) is 16.7 Å². The number of piperazine rings is 1. The van der Waals surface area contributed by atoms with Gasteiger partial charge in [-0.1, -0.05) is 29.8 Å². The number of rotatable bonds is 3. The third-order valence-electron chi connectivity index (χ3n) is 5.87. The van der Waals surface area contributed by atoms with Crippen LogP contribution in [0, 0.1) is 6.92 Å². The Morgan fingerprint density at radius 1 is 0.912 bits per heavy atom. The summed E-state index contributed by atoms with van der Waals surface area (Å²) < 4.78 is 7.23. The van der Waals surface area contributed by atoms with E-state index in [1.165, 1.54) is 6.07 Å². The third-order valence-corrected chi connectivity index (χ3v) is 6.12. The fraction of sp³-hybridized carbons (Fsp3) is 0.200. The molecule has 2 aromatic heterocycles. The topological polar surface area (TPSA) is 88.7 Å². The molecule has 1 aliphatic rings. The molecule has 34 heavy (non-hydrogen) atoms. The average molecular weight is 477 g/mol. The molecule has 0 spiro atoms. The van der Waals surface area contributed by atoms with Crippen molar-refractivity contribution in [3.05, 3.63) is 93.1 Å². The molecule has 172 valence electrons. The summed E-state index contributed by atoms with van der Waals surface area (Å²) in [5.74, 6) is -0.405. The smallest absolute Gasteiger partial charge is 0.289 e. The van der Waals surface area contributed by atoms with Crippen LogP contribution >= 0.6 is 11.6 Å². The molecular formula is C25H21ClN4O4. The molecule has 5 rings (SSSR count). The average Bonchev–Trinajstić information content (AvgIpc) is 3.28. The van der Waals surface area contributed by atoms with Gasteiger partial charge in [-0.25, -0.2) is 4.68 Å². The van der Waals surface area contributed by atoms with E-state index in [0.29, 0.717) is 48.2 Å².